The second-order valence-corrected chi connectivity index (χ2v) is 8.44. The van der Waals surface area contributed by atoms with Crippen molar-refractivity contribution < 1.29 is 9.18 Å². The highest BCUT2D eigenvalue weighted by Crippen LogP contribution is 2.23. The molecule has 0 aliphatic heterocycles. The Morgan fingerprint density at radius 1 is 1.06 bits per heavy atom. The number of aryl methyl sites for hydroxylation is 2. The summed E-state index contributed by atoms with van der Waals surface area (Å²) >= 11 is 1.18. The van der Waals surface area contributed by atoms with Crippen molar-refractivity contribution in [2.24, 2.45) is 0 Å². The highest BCUT2D eigenvalue weighted by Gasteiger charge is 2.16. The topological polar surface area (TPSA) is 64.0 Å². The Kier molecular flexibility index (Phi) is 6.37. The van der Waals surface area contributed by atoms with E-state index in [2.05, 4.69) is 10.3 Å². The van der Waals surface area contributed by atoms with Gasteiger partial charge < -0.3 is 5.32 Å². The van der Waals surface area contributed by atoms with E-state index >= 15 is 0 Å². The Bertz CT molecular complexity index is 1370. The zero-order valence-corrected chi connectivity index (χ0v) is 18.6. The van der Waals surface area contributed by atoms with Gasteiger partial charge in [0.1, 0.15) is 5.82 Å². The van der Waals surface area contributed by atoms with Crippen LogP contribution in [-0.2, 0) is 11.3 Å². The van der Waals surface area contributed by atoms with Crippen LogP contribution in [0, 0.1) is 19.7 Å². The molecule has 1 heterocycles. The number of halogens is 1. The molecule has 4 aromatic rings. The predicted octanol–water partition coefficient (Wildman–Crippen LogP) is 4.55. The third-order valence-corrected chi connectivity index (χ3v) is 6.04. The molecule has 1 aromatic heterocycles. The van der Waals surface area contributed by atoms with E-state index in [1.165, 1.54) is 17.8 Å². The van der Waals surface area contributed by atoms with Gasteiger partial charge in [-0.15, -0.1) is 0 Å². The van der Waals surface area contributed by atoms with E-state index in [0.29, 0.717) is 21.6 Å². The summed E-state index contributed by atoms with van der Waals surface area (Å²) in [5.74, 6) is -0.586. The highest BCUT2D eigenvalue weighted by molar-refractivity contribution is 7.99. The molecule has 0 saturated carbocycles. The molecule has 0 saturated heterocycles. The monoisotopic (exact) mass is 447 g/mol. The van der Waals surface area contributed by atoms with E-state index in [-0.39, 0.29) is 29.6 Å². The van der Waals surface area contributed by atoms with Crippen LogP contribution in [0.5, 0.6) is 0 Å². The average molecular weight is 448 g/mol. The molecular formula is C25H22FN3O2S. The molecule has 32 heavy (non-hydrogen) atoms. The number of amides is 1. The van der Waals surface area contributed by atoms with Gasteiger partial charge in [0.15, 0.2) is 5.16 Å². The zero-order valence-electron chi connectivity index (χ0n) is 17.8. The molecule has 0 spiro atoms. The summed E-state index contributed by atoms with van der Waals surface area (Å²) in [6.45, 7) is 4.04. The lowest BCUT2D eigenvalue weighted by atomic mass is 10.1. The molecule has 0 bridgehead atoms. The summed E-state index contributed by atoms with van der Waals surface area (Å²) in [6, 6.07) is 19.3. The van der Waals surface area contributed by atoms with E-state index in [1.807, 2.05) is 38.1 Å². The van der Waals surface area contributed by atoms with Crippen molar-refractivity contribution >= 4 is 28.6 Å². The second-order valence-electron chi connectivity index (χ2n) is 7.50. The number of rotatable bonds is 6. The van der Waals surface area contributed by atoms with Gasteiger partial charge in [-0.1, -0.05) is 59.8 Å². The lowest BCUT2D eigenvalue weighted by Crippen LogP contribution is -2.26. The number of fused-ring (bicyclic) bond motifs is 1. The molecule has 1 N–H and O–H groups in total. The summed E-state index contributed by atoms with van der Waals surface area (Å²) in [5, 5.41) is 3.67. The number of para-hydroxylation sites is 1. The Hall–Kier alpha value is -3.45. The van der Waals surface area contributed by atoms with Crippen LogP contribution < -0.4 is 10.9 Å². The van der Waals surface area contributed by atoms with Gasteiger partial charge in [0.05, 0.1) is 22.3 Å². The molecule has 0 atom stereocenters. The van der Waals surface area contributed by atoms with Crippen LogP contribution in [-0.4, -0.2) is 21.2 Å². The molecule has 0 aliphatic rings. The van der Waals surface area contributed by atoms with Crippen LogP contribution in [0.1, 0.15) is 16.7 Å². The first kappa shape index (κ1) is 21.8. The van der Waals surface area contributed by atoms with Crippen LogP contribution >= 0.6 is 11.8 Å². The average Bonchev–Trinajstić information content (AvgIpc) is 2.78. The molecule has 5 nitrogen and oxygen atoms in total. The van der Waals surface area contributed by atoms with E-state index in [9.17, 15) is 14.0 Å². The van der Waals surface area contributed by atoms with E-state index in [0.717, 1.165) is 16.8 Å². The number of nitrogens with zero attached hydrogens (tertiary/aromatic N) is 2. The third kappa shape index (κ3) is 4.57. The molecular weight excluding hydrogens is 425 g/mol. The SMILES string of the molecule is Cc1ccc(-n2c(SCC(=O)NCc3ccccc3F)nc3ccccc3c2=O)c(C)c1. The Morgan fingerprint density at radius 2 is 1.81 bits per heavy atom. The summed E-state index contributed by atoms with van der Waals surface area (Å²) in [4.78, 5) is 30.5. The molecule has 0 radical (unpaired) electrons. The van der Waals surface area contributed by atoms with Crippen LogP contribution in [0.25, 0.3) is 16.6 Å². The molecule has 7 heteroatoms. The van der Waals surface area contributed by atoms with Crippen LogP contribution in [0.3, 0.4) is 0 Å². The molecule has 3 aromatic carbocycles. The normalized spacial score (nSPS) is 11.0. The number of carbonyl (C=O) groups is 1. The van der Waals surface area contributed by atoms with Crippen LogP contribution in [0.4, 0.5) is 4.39 Å². The molecule has 4 rings (SSSR count). The fraction of sp³-hybridized carbons (Fsp3) is 0.160. The summed E-state index contributed by atoms with van der Waals surface area (Å²) in [6.07, 6.45) is 0. The number of thioether (sulfide) groups is 1. The second kappa shape index (κ2) is 9.36. The van der Waals surface area contributed by atoms with Crippen molar-refractivity contribution in [1.82, 2.24) is 14.9 Å². The van der Waals surface area contributed by atoms with Gasteiger partial charge in [0, 0.05) is 12.1 Å². The van der Waals surface area contributed by atoms with Crippen molar-refractivity contribution in [3.8, 4) is 5.69 Å². The standard InChI is InChI=1S/C25H22FN3O2S/c1-16-11-12-22(17(2)13-16)29-24(31)19-8-4-6-10-21(19)28-25(29)32-15-23(30)27-14-18-7-3-5-9-20(18)26/h3-13H,14-15H2,1-2H3,(H,27,30). The van der Waals surface area contributed by atoms with E-state index in [4.69, 9.17) is 0 Å². The summed E-state index contributed by atoms with van der Waals surface area (Å²) in [5.41, 5.74) is 3.57. The fourth-order valence-electron chi connectivity index (χ4n) is 3.49. The Labute approximate surface area is 189 Å². The number of hydrogen-bond donors (Lipinski definition) is 1. The molecule has 0 fully saturated rings. The highest BCUT2D eigenvalue weighted by atomic mass is 32.2. The maximum Gasteiger partial charge on any atom is 0.266 e. The number of benzene rings is 3. The number of nitrogens with one attached hydrogen (secondary N) is 1. The van der Waals surface area contributed by atoms with Crippen LogP contribution in [0.2, 0.25) is 0 Å². The predicted molar refractivity (Wildman–Crippen MR) is 126 cm³/mol. The smallest absolute Gasteiger partial charge is 0.266 e. The van der Waals surface area contributed by atoms with Gasteiger partial charge in [-0.25, -0.2) is 9.37 Å². The van der Waals surface area contributed by atoms with Crippen molar-refractivity contribution in [3.05, 3.63) is 99.6 Å². The maximum absolute atomic E-state index is 13.8. The minimum atomic E-state index is -0.361. The van der Waals surface area contributed by atoms with Gasteiger partial charge in [-0.2, -0.15) is 0 Å². The van der Waals surface area contributed by atoms with Crippen LogP contribution in [0.15, 0.2) is 76.7 Å². The summed E-state index contributed by atoms with van der Waals surface area (Å²) < 4.78 is 15.3. The van der Waals surface area contributed by atoms with Gasteiger partial charge in [0.2, 0.25) is 5.91 Å². The first-order valence-corrected chi connectivity index (χ1v) is 11.1. The fourth-order valence-corrected chi connectivity index (χ4v) is 4.33. The van der Waals surface area contributed by atoms with E-state index < -0.39 is 0 Å². The van der Waals surface area contributed by atoms with Crippen molar-refractivity contribution in [2.45, 2.75) is 25.5 Å². The quantitative estimate of drug-likeness (QED) is 0.348. The minimum absolute atomic E-state index is 0.0458. The van der Waals surface area contributed by atoms with Crippen molar-refractivity contribution in [1.29, 1.82) is 0 Å². The van der Waals surface area contributed by atoms with E-state index in [1.54, 1.807) is 41.0 Å². The van der Waals surface area contributed by atoms with Crippen molar-refractivity contribution in [3.63, 3.8) is 0 Å². The third-order valence-electron chi connectivity index (χ3n) is 5.10. The minimum Gasteiger partial charge on any atom is -0.351 e. The number of hydrogen-bond acceptors (Lipinski definition) is 4. The van der Waals surface area contributed by atoms with Gasteiger partial charge >= 0.3 is 0 Å². The largest absolute Gasteiger partial charge is 0.351 e. The Balaban J connectivity index is 1.63. The van der Waals surface area contributed by atoms with Gasteiger partial charge in [-0.3, -0.25) is 14.2 Å². The lowest BCUT2D eigenvalue weighted by molar-refractivity contribution is -0.118. The zero-order chi connectivity index (χ0) is 22.7. The maximum atomic E-state index is 13.8. The molecule has 162 valence electrons. The number of aromatic nitrogens is 2. The van der Waals surface area contributed by atoms with Crippen molar-refractivity contribution in [2.75, 3.05) is 5.75 Å². The van der Waals surface area contributed by atoms with Gasteiger partial charge in [-0.05, 0) is 43.7 Å². The molecule has 0 unspecified atom stereocenters. The molecule has 0 aliphatic carbocycles. The Morgan fingerprint density at radius 3 is 2.59 bits per heavy atom. The molecule has 1 amide bonds. The van der Waals surface area contributed by atoms with Gasteiger partial charge in [0.25, 0.3) is 5.56 Å². The lowest BCUT2D eigenvalue weighted by Gasteiger charge is -2.15. The first-order valence-electron chi connectivity index (χ1n) is 10.2. The summed E-state index contributed by atoms with van der Waals surface area (Å²) in [7, 11) is 0. The number of carbonyl (C=O) groups excluding carboxylic acids is 1. The first-order chi connectivity index (χ1) is 15.4.